The second-order valence-electron chi connectivity index (χ2n) is 16.7. The normalized spacial score (nSPS) is 25.8. The second-order valence-corrected chi connectivity index (χ2v) is 17.4. The van der Waals surface area contributed by atoms with E-state index in [-0.39, 0.29) is 59.7 Å². The fraction of sp³-hybridized carbons (Fsp3) is 0.488. The fourth-order valence-electron chi connectivity index (χ4n) is 9.12. The molecule has 4 aromatic rings. The minimum absolute atomic E-state index is 0.0318. The van der Waals surface area contributed by atoms with Gasteiger partial charge < -0.3 is 39.9 Å². The fourth-order valence-corrected chi connectivity index (χ4v) is 9.61. The maximum absolute atomic E-state index is 14.0. The number of halogens is 2. The highest BCUT2D eigenvalue weighted by Crippen LogP contribution is 2.46. The molecule has 3 fully saturated rings. The Morgan fingerprint density at radius 1 is 0.729 bits per heavy atom. The number of benzene rings is 2. The lowest BCUT2D eigenvalue weighted by Crippen LogP contribution is -2.58. The molecule has 0 aliphatic carbocycles. The number of aromatic nitrogens is 4. The number of piperidine rings is 1. The number of nitrogens with zero attached hydrogens (tertiary/aromatic N) is 4. The van der Waals surface area contributed by atoms with Crippen LogP contribution in [0.1, 0.15) is 84.5 Å². The summed E-state index contributed by atoms with van der Waals surface area (Å²) < 4.78 is 9.59. The van der Waals surface area contributed by atoms with Gasteiger partial charge in [0.2, 0.25) is 11.8 Å². The number of fused-ring (bicyclic) bond motifs is 1. The average molecular weight is 848 g/mol. The molecule has 16 heteroatoms. The summed E-state index contributed by atoms with van der Waals surface area (Å²) in [5.74, 6) is 1.12. The number of carbonyl (C=O) groups is 4. The van der Waals surface area contributed by atoms with Crippen molar-refractivity contribution in [3.63, 3.8) is 0 Å². The van der Waals surface area contributed by atoms with Crippen LogP contribution in [-0.2, 0) is 19.1 Å². The lowest BCUT2D eigenvalue weighted by Gasteiger charge is -2.41. The molecule has 4 N–H and O–H groups in total. The van der Waals surface area contributed by atoms with Gasteiger partial charge in [-0.3, -0.25) is 9.59 Å². The summed E-state index contributed by atoms with van der Waals surface area (Å²) in [7, 11) is 2.57. The highest BCUT2D eigenvalue weighted by Gasteiger charge is 2.51. The van der Waals surface area contributed by atoms with Crippen molar-refractivity contribution in [1.82, 2.24) is 40.4 Å². The minimum Gasteiger partial charge on any atom is -0.453 e. The van der Waals surface area contributed by atoms with Crippen LogP contribution in [0.2, 0.25) is 10.3 Å². The van der Waals surface area contributed by atoms with Crippen LogP contribution in [0.15, 0.2) is 48.5 Å². The van der Waals surface area contributed by atoms with Gasteiger partial charge in [-0.05, 0) is 61.0 Å². The van der Waals surface area contributed by atoms with Crippen LogP contribution in [0.5, 0.6) is 0 Å². The van der Waals surface area contributed by atoms with Crippen LogP contribution >= 0.6 is 23.2 Å². The zero-order valence-electron chi connectivity index (χ0n) is 34.5. The number of methoxy groups -OCH3 is 2. The van der Waals surface area contributed by atoms with Crippen LogP contribution < -0.4 is 10.6 Å². The van der Waals surface area contributed by atoms with E-state index in [1.165, 1.54) is 14.2 Å². The number of aromatic amines is 2. The van der Waals surface area contributed by atoms with Crippen LogP contribution in [0.4, 0.5) is 9.59 Å². The third kappa shape index (κ3) is 8.01. The van der Waals surface area contributed by atoms with E-state index >= 15 is 0 Å². The Morgan fingerprint density at radius 2 is 1.22 bits per heavy atom. The summed E-state index contributed by atoms with van der Waals surface area (Å²) in [5, 5.41) is 6.06. The van der Waals surface area contributed by atoms with Gasteiger partial charge in [0, 0.05) is 23.2 Å². The Morgan fingerprint density at radius 3 is 1.73 bits per heavy atom. The van der Waals surface area contributed by atoms with Gasteiger partial charge in [-0.2, -0.15) is 0 Å². The summed E-state index contributed by atoms with van der Waals surface area (Å²) in [5.41, 5.74) is 4.98. The average Bonchev–Trinajstić information content (AvgIpc) is 3.97. The molecule has 1 unspecified atom stereocenters. The van der Waals surface area contributed by atoms with Gasteiger partial charge in [0.25, 0.3) is 0 Å². The van der Waals surface area contributed by atoms with Gasteiger partial charge in [-0.15, -0.1) is 0 Å². The van der Waals surface area contributed by atoms with Gasteiger partial charge in [0.15, 0.2) is 10.3 Å². The molecule has 3 aliphatic heterocycles. The van der Waals surface area contributed by atoms with E-state index in [0.29, 0.717) is 39.8 Å². The van der Waals surface area contributed by atoms with Gasteiger partial charge in [-0.1, -0.05) is 106 Å². The minimum atomic E-state index is -0.759. The first kappa shape index (κ1) is 42.1. The molecule has 59 heavy (non-hydrogen) atoms. The van der Waals surface area contributed by atoms with E-state index in [2.05, 4.69) is 34.4 Å². The number of likely N-dealkylation sites (tertiary alicyclic amines) is 1. The Balaban J connectivity index is 1.07. The summed E-state index contributed by atoms with van der Waals surface area (Å²) >= 11 is 13.5. The molecule has 2 aromatic carbocycles. The number of rotatable bonds is 9. The third-order valence-electron chi connectivity index (χ3n) is 12.6. The topological polar surface area (TPSA) is 175 Å². The number of alkyl carbamates (subject to hydrolysis) is 2. The quantitative estimate of drug-likeness (QED) is 0.131. The first-order valence-corrected chi connectivity index (χ1v) is 20.9. The van der Waals surface area contributed by atoms with Crippen molar-refractivity contribution in [3.8, 4) is 33.6 Å². The van der Waals surface area contributed by atoms with Crippen molar-refractivity contribution in [3.05, 3.63) is 70.5 Å². The number of nitrogens with one attached hydrogen (secondary N) is 4. The maximum Gasteiger partial charge on any atom is 0.407 e. The van der Waals surface area contributed by atoms with E-state index in [4.69, 9.17) is 42.6 Å². The van der Waals surface area contributed by atoms with Crippen molar-refractivity contribution in [2.24, 2.45) is 23.7 Å². The third-order valence-corrected chi connectivity index (χ3v) is 13.2. The smallest absolute Gasteiger partial charge is 0.407 e. The second kappa shape index (κ2) is 16.9. The highest BCUT2D eigenvalue weighted by atomic mass is 35.5. The Hall–Kier alpha value is -5.08. The van der Waals surface area contributed by atoms with Gasteiger partial charge in [0.05, 0.1) is 37.7 Å². The first-order chi connectivity index (χ1) is 28.1. The molecule has 0 spiro atoms. The van der Waals surface area contributed by atoms with E-state index in [1.54, 1.807) is 0 Å². The number of imidazole rings is 2. The van der Waals surface area contributed by atoms with Crippen LogP contribution in [0.3, 0.4) is 0 Å². The highest BCUT2D eigenvalue weighted by molar-refractivity contribution is 6.32. The maximum atomic E-state index is 14.0. The van der Waals surface area contributed by atoms with Crippen molar-refractivity contribution in [1.29, 1.82) is 0 Å². The zero-order chi connectivity index (χ0) is 42.4. The summed E-state index contributed by atoms with van der Waals surface area (Å²) in [6, 6.07) is 13.8. The number of hydrogen-bond donors (Lipinski definition) is 4. The van der Waals surface area contributed by atoms with Crippen molar-refractivity contribution < 1.29 is 28.7 Å². The predicted octanol–water partition coefficient (Wildman–Crippen LogP) is 8.16. The molecule has 3 saturated heterocycles. The van der Waals surface area contributed by atoms with Gasteiger partial charge >= 0.3 is 12.2 Å². The zero-order valence-corrected chi connectivity index (χ0v) is 36.0. The lowest BCUT2D eigenvalue weighted by molar-refractivity contribution is -0.142. The lowest BCUT2D eigenvalue weighted by atomic mass is 9.85. The van der Waals surface area contributed by atoms with Crippen molar-refractivity contribution in [2.75, 3.05) is 14.2 Å². The Labute approximate surface area is 354 Å². The number of H-pyrrole nitrogens is 2. The molecule has 9 atom stereocenters. The largest absolute Gasteiger partial charge is 0.453 e. The van der Waals surface area contributed by atoms with Crippen LogP contribution in [0.25, 0.3) is 33.6 Å². The van der Waals surface area contributed by atoms with Gasteiger partial charge in [-0.25, -0.2) is 19.6 Å². The molecule has 7 rings (SSSR count). The molecule has 3 aliphatic rings. The molecule has 14 nitrogen and oxygen atoms in total. The van der Waals surface area contributed by atoms with Crippen LogP contribution in [-0.4, -0.2) is 92.1 Å². The number of amides is 4. The molecular weight excluding hydrogens is 795 g/mol. The molecule has 5 heterocycles. The standard InChI is InChI=1S/C43H52Cl2N8O6/c1-20(2)32(48-42(56)58-7)40(54)52-24(6)21(3)17-30(52)38-46-34(36(44)50-38)27-13-9-25(10-14-27)26-11-15-28(16-12-26)35-37(45)51-39(47-35)31-18-22(4)29-19-23(5)33(41(55)53(29)31)49-43(57)59-8/h9-16,20-24,29-33H,17-19H2,1-8H3,(H,46,50)(H,47,51)(H,48,56)(H,49,57)/t21-,22-,23?,24+,29+,30+,31+,32+,33+/m1/s1. The summed E-state index contributed by atoms with van der Waals surface area (Å²) in [4.78, 5) is 71.8. The first-order valence-electron chi connectivity index (χ1n) is 20.2. The molecule has 0 radical (unpaired) electrons. The van der Waals surface area contributed by atoms with Crippen LogP contribution in [0, 0.1) is 23.7 Å². The number of hydrogen-bond acceptors (Lipinski definition) is 8. The summed E-state index contributed by atoms with van der Waals surface area (Å²) in [6.07, 6.45) is 0.891. The van der Waals surface area contributed by atoms with E-state index in [9.17, 15) is 19.2 Å². The monoisotopic (exact) mass is 846 g/mol. The van der Waals surface area contributed by atoms with E-state index in [1.807, 2.05) is 86.0 Å². The SMILES string of the molecule is COC(=O)N[C@H](C(=O)N1[C@H](c2nc(Cl)c(-c3ccc(-c4ccc(-c5[nH]c([C@@H]6C[C@@H](C)[C@@H]7CC(C)[C@H](NC(=O)OC)C(=O)N67)nc5Cl)cc4)cc3)[nH]2)C[C@@H](C)[C@@H]1C)C(C)C. The summed E-state index contributed by atoms with van der Waals surface area (Å²) in [6.45, 7) is 12.0. The van der Waals surface area contributed by atoms with Gasteiger partial charge in [0.1, 0.15) is 23.7 Å². The number of carbonyl (C=O) groups excluding carboxylic acids is 4. The van der Waals surface area contributed by atoms with E-state index < -0.39 is 24.3 Å². The predicted molar refractivity (Wildman–Crippen MR) is 224 cm³/mol. The molecular formula is C43H52Cl2N8O6. The Bertz CT molecular complexity index is 2210. The molecule has 2 aromatic heterocycles. The molecule has 314 valence electrons. The molecule has 0 bridgehead atoms. The molecule has 0 saturated carbocycles. The van der Waals surface area contributed by atoms with Crippen molar-refractivity contribution in [2.45, 2.75) is 97.1 Å². The molecule has 4 amide bonds. The number of ether oxygens (including phenoxy) is 2. The van der Waals surface area contributed by atoms with E-state index in [0.717, 1.165) is 35.1 Å². The Kier molecular flexibility index (Phi) is 12.0. The van der Waals surface area contributed by atoms with Crippen molar-refractivity contribution >= 4 is 47.2 Å².